The molecule has 0 saturated heterocycles. The van der Waals surface area contributed by atoms with Crippen molar-refractivity contribution in [1.82, 2.24) is 0 Å². The maximum absolute atomic E-state index is 13.2. The van der Waals surface area contributed by atoms with E-state index in [1.54, 1.807) is 0 Å². The molecule has 0 bridgehead atoms. The third kappa shape index (κ3) is 2.11. The number of rotatable bonds is 3. The van der Waals surface area contributed by atoms with Crippen molar-refractivity contribution in [1.29, 1.82) is 0 Å². The van der Waals surface area contributed by atoms with E-state index in [2.05, 4.69) is 0 Å². The van der Waals surface area contributed by atoms with Gasteiger partial charge in [0.05, 0.1) is 11.7 Å². The first kappa shape index (κ1) is 11.5. The third-order valence-corrected chi connectivity index (χ3v) is 1.92. The molecule has 1 aromatic rings. The Morgan fingerprint density at radius 1 is 1.40 bits per heavy atom. The maximum Gasteiger partial charge on any atom is 0.338 e. The largest absolute Gasteiger partial charge is 0.478 e. The molecule has 1 rings (SSSR count). The Hall–Kier alpha value is -1.53. The lowest BCUT2D eigenvalue weighted by molar-refractivity contribution is 0.0690. The molecule has 4 nitrogen and oxygen atoms in total. The zero-order valence-electron chi connectivity index (χ0n) is 7.58. The molecule has 0 aliphatic carbocycles. The van der Waals surface area contributed by atoms with Gasteiger partial charge >= 0.3 is 5.97 Å². The molecule has 0 aliphatic heterocycles. The fraction of sp³-hybridized carbons (Fsp3) is 0.222. The summed E-state index contributed by atoms with van der Waals surface area (Å²) in [5.74, 6) is -4.44. The molecule has 1 atom stereocenters. The Balaban J connectivity index is 3.27. The molecular weight excluding hydrogens is 208 g/mol. The van der Waals surface area contributed by atoms with Gasteiger partial charge in [-0.25, -0.2) is 13.6 Å². The van der Waals surface area contributed by atoms with Crippen LogP contribution in [0.5, 0.6) is 0 Å². The van der Waals surface area contributed by atoms with Crippen LogP contribution >= 0.6 is 0 Å². The molecule has 6 heteroatoms. The van der Waals surface area contributed by atoms with Gasteiger partial charge in [0.2, 0.25) is 0 Å². The zero-order chi connectivity index (χ0) is 11.6. The van der Waals surface area contributed by atoms with Gasteiger partial charge in [0, 0.05) is 12.1 Å². The summed E-state index contributed by atoms with van der Waals surface area (Å²) in [5.41, 5.74) is 3.94. The number of carboxylic acids is 1. The lowest BCUT2D eigenvalue weighted by atomic mass is 10.1. The topological polar surface area (TPSA) is 83.5 Å². The predicted molar refractivity (Wildman–Crippen MR) is 47.3 cm³/mol. The van der Waals surface area contributed by atoms with Crippen molar-refractivity contribution >= 4 is 5.97 Å². The zero-order valence-corrected chi connectivity index (χ0v) is 7.58. The summed E-state index contributed by atoms with van der Waals surface area (Å²) in [4.78, 5) is 10.4. The molecule has 0 heterocycles. The van der Waals surface area contributed by atoms with E-state index in [0.717, 1.165) is 12.1 Å². The highest BCUT2D eigenvalue weighted by Gasteiger charge is 2.20. The van der Waals surface area contributed by atoms with Gasteiger partial charge in [0.25, 0.3) is 0 Å². The van der Waals surface area contributed by atoms with Crippen LogP contribution in [0.4, 0.5) is 8.78 Å². The van der Waals surface area contributed by atoms with E-state index in [-0.39, 0.29) is 12.1 Å². The second-order valence-electron chi connectivity index (χ2n) is 2.89. The Bertz CT molecular complexity index is 395. The van der Waals surface area contributed by atoms with Crippen molar-refractivity contribution in [3.8, 4) is 0 Å². The van der Waals surface area contributed by atoms with E-state index >= 15 is 0 Å². The number of aromatic carboxylic acids is 1. The van der Waals surface area contributed by atoms with Crippen LogP contribution in [0.25, 0.3) is 0 Å². The Morgan fingerprint density at radius 3 is 2.47 bits per heavy atom. The summed E-state index contributed by atoms with van der Waals surface area (Å²) in [6.07, 6.45) is -1.35. The van der Waals surface area contributed by atoms with Crippen LogP contribution in [-0.4, -0.2) is 22.7 Å². The Kier molecular flexibility index (Phi) is 3.33. The van der Waals surface area contributed by atoms with Crippen LogP contribution in [-0.2, 0) is 0 Å². The molecule has 0 fully saturated rings. The summed E-state index contributed by atoms with van der Waals surface area (Å²) in [6.45, 7) is -0.275. The minimum atomic E-state index is -1.57. The first-order chi connectivity index (χ1) is 6.99. The second-order valence-corrected chi connectivity index (χ2v) is 2.89. The molecule has 4 N–H and O–H groups in total. The lowest BCUT2D eigenvalue weighted by Gasteiger charge is -2.10. The van der Waals surface area contributed by atoms with E-state index in [1.807, 2.05) is 0 Å². The fourth-order valence-corrected chi connectivity index (χ4v) is 1.11. The SMILES string of the molecule is NCC(O)c1ccc(C(=O)O)c(F)c1F. The molecule has 0 amide bonds. The van der Waals surface area contributed by atoms with E-state index in [0.29, 0.717) is 0 Å². The van der Waals surface area contributed by atoms with Gasteiger partial charge in [-0.2, -0.15) is 0 Å². The van der Waals surface area contributed by atoms with Gasteiger partial charge in [0.15, 0.2) is 11.6 Å². The molecule has 1 aromatic carbocycles. The second kappa shape index (κ2) is 4.33. The summed E-state index contributed by atoms with van der Waals surface area (Å²) >= 11 is 0. The highest BCUT2D eigenvalue weighted by atomic mass is 19.2. The van der Waals surface area contributed by atoms with E-state index < -0.39 is 29.3 Å². The lowest BCUT2D eigenvalue weighted by Crippen LogP contribution is -2.15. The summed E-state index contributed by atoms with van der Waals surface area (Å²) in [6, 6.07) is 1.88. The summed E-state index contributed by atoms with van der Waals surface area (Å²) in [5, 5.41) is 17.7. The average Bonchev–Trinajstić information content (AvgIpc) is 2.20. The molecule has 0 aliphatic rings. The van der Waals surface area contributed by atoms with Gasteiger partial charge in [0.1, 0.15) is 0 Å². The van der Waals surface area contributed by atoms with Crippen molar-refractivity contribution in [2.75, 3.05) is 6.54 Å². The normalized spacial score (nSPS) is 12.5. The first-order valence-electron chi connectivity index (χ1n) is 4.08. The molecular formula is C9H9F2NO3. The number of carboxylic acid groups (broad SMARTS) is 1. The number of halogens is 2. The van der Waals surface area contributed by atoms with Crippen LogP contribution in [0.15, 0.2) is 12.1 Å². The highest BCUT2D eigenvalue weighted by Crippen LogP contribution is 2.21. The minimum Gasteiger partial charge on any atom is -0.478 e. The van der Waals surface area contributed by atoms with Crippen LogP contribution in [0, 0.1) is 11.6 Å². The van der Waals surface area contributed by atoms with Crippen LogP contribution < -0.4 is 5.73 Å². The number of benzene rings is 1. The van der Waals surface area contributed by atoms with Crippen LogP contribution in [0.2, 0.25) is 0 Å². The maximum atomic E-state index is 13.2. The molecule has 0 radical (unpaired) electrons. The standard InChI is InChI=1S/C9H9F2NO3/c10-7-4(6(13)3-12)1-2-5(8(7)11)9(14)15/h1-2,6,13H,3,12H2,(H,14,15). The molecule has 82 valence electrons. The van der Waals surface area contributed by atoms with Gasteiger partial charge in [-0.1, -0.05) is 6.07 Å². The number of hydrogen-bond acceptors (Lipinski definition) is 3. The summed E-state index contributed by atoms with van der Waals surface area (Å²) < 4.78 is 26.3. The van der Waals surface area contributed by atoms with Crippen molar-refractivity contribution in [2.45, 2.75) is 6.10 Å². The fourth-order valence-electron chi connectivity index (χ4n) is 1.11. The van der Waals surface area contributed by atoms with E-state index in [9.17, 15) is 18.7 Å². The van der Waals surface area contributed by atoms with Crippen molar-refractivity contribution in [3.63, 3.8) is 0 Å². The van der Waals surface area contributed by atoms with E-state index in [1.165, 1.54) is 0 Å². The van der Waals surface area contributed by atoms with Crippen molar-refractivity contribution in [2.24, 2.45) is 5.73 Å². The average molecular weight is 217 g/mol. The first-order valence-corrected chi connectivity index (χ1v) is 4.08. The number of aliphatic hydroxyl groups excluding tert-OH is 1. The van der Waals surface area contributed by atoms with E-state index in [4.69, 9.17) is 10.8 Å². The number of nitrogens with two attached hydrogens (primary N) is 1. The van der Waals surface area contributed by atoms with Gasteiger partial charge < -0.3 is 15.9 Å². The van der Waals surface area contributed by atoms with Crippen molar-refractivity contribution in [3.05, 3.63) is 34.9 Å². The number of aliphatic hydroxyl groups is 1. The minimum absolute atomic E-state index is 0.275. The van der Waals surface area contributed by atoms with Crippen LogP contribution in [0.3, 0.4) is 0 Å². The Labute approximate surface area is 83.9 Å². The number of carbonyl (C=O) groups is 1. The van der Waals surface area contributed by atoms with Gasteiger partial charge in [-0.05, 0) is 6.07 Å². The van der Waals surface area contributed by atoms with Crippen LogP contribution in [0.1, 0.15) is 22.0 Å². The molecule has 15 heavy (non-hydrogen) atoms. The smallest absolute Gasteiger partial charge is 0.338 e. The Morgan fingerprint density at radius 2 is 2.00 bits per heavy atom. The highest BCUT2D eigenvalue weighted by molar-refractivity contribution is 5.88. The van der Waals surface area contributed by atoms with Crippen molar-refractivity contribution < 1.29 is 23.8 Å². The summed E-state index contributed by atoms with van der Waals surface area (Å²) in [7, 11) is 0. The number of hydrogen-bond donors (Lipinski definition) is 3. The molecule has 1 unspecified atom stereocenters. The molecule has 0 saturated carbocycles. The van der Waals surface area contributed by atoms with Gasteiger partial charge in [-0.3, -0.25) is 0 Å². The van der Waals surface area contributed by atoms with Gasteiger partial charge in [-0.15, -0.1) is 0 Å². The third-order valence-electron chi connectivity index (χ3n) is 1.92. The monoisotopic (exact) mass is 217 g/mol. The quantitative estimate of drug-likeness (QED) is 0.694. The molecule has 0 spiro atoms. The predicted octanol–water partition coefficient (Wildman–Crippen LogP) is 0.655. The molecule has 0 aromatic heterocycles.